The van der Waals surface area contributed by atoms with Crippen LogP contribution in [0.1, 0.15) is 13.3 Å². The highest BCUT2D eigenvalue weighted by atomic mass is 16.2. The molecule has 4 nitrogen and oxygen atoms in total. The molecule has 0 radical (unpaired) electrons. The van der Waals surface area contributed by atoms with Gasteiger partial charge in [-0.05, 0) is 0 Å². The van der Waals surface area contributed by atoms with Gasteiger partial charge >= 0.3 is 0 Å². The van der Waals surface area contributed by atoms with Crippen molar-refractivity contribution in [3.8, 4) is 0 Å². The number of carbonyl (C=O) groups is 2. The summed E-state index contributed by atoms with van der Waals surface area (Å²) in [6, 6.07) is 0. The second kappa shape index (κ2) is 5.71. The predicted molar refractivity (Wildman–Crippen MR) is 46.9 cm³/mol. The maximum absolute atomic E-state index is 11.0. The van der Waals surface area contributed by atoms with Gasteiger partial charge in [0.1, 0.15) is 5.78 Å². The zero-order valence-electron chi connectivity index (χ0n) is 7.89. The number of hydrogen-bond donors (Lipinski definition) is 1. The number of nitrogens with one attached hydrogen (secondary N) is 1. The molecule has 0 saturated carbocycles. The molecule has 0 aliphatic carbocycles. The molecule has 0 spiro atoms. The number of nitrogens with zero attached hydrogens (tertiary/aromatic N) is 1. The highest BCUT2D eigenvalue weighted by Gasteiger charge is 2.03. The Morgan fingerprint density at radius 2 is 1.83 bits per heavy atom. The van der Waals surface area contributed by atoms with Crippen molar-refractivity contribution in [1.29, 1.82) is 0 Å². The van der Waals surface area contributed by atoms with Gasteiger partial charge < -0.3 is 10.2 Å². The van der Waals surface area contributed by atoms with Crippen molar-refractivity contribution in [3.63, 3.8) is 0 Å². The van der Waals surface area contributed by atoms with E-state index in [1.54, 1.807) is 21.0 Å². The molecule has 0 aliphatic heterocycles. The van der Waals surface area contributed by atoms with Crippen molar-refractivity contribution in [1.82, 2.24) is 10.2 Å². The number of rotatable bonds is 5. The van der Waals surface area contributed by atoms with Gasteiger partial charge in [-0.1, -0.05) is 6.92 Å². The van der Waals surface area contributed by atoms with Crippen molar-refractivity contribution >= 4 is 11.7 Å². The summed E-state index contributed by atoms with van der Waals surface area (Å²) in [7, 11) is 3.37. The average Bonchev–Trinajstić information content (AvgIpc) is 2.03. The van der Waals surface area contributed by atoms with Crippen molar-refractivity contribution in [2.45, 2.75) is 13.3 Å². The molecule has 12 heavy (non-hydrogen) atoms. The van der Waals surface area contributed by atoms with Crippen LogP contribution in [0.4, 0.5) is 0 Å². The molecule has 0 rings (SSSR count). The van der Waals surface area contributed by atoms with E-state index >= 15 is 0 Å². The normalized spacial score (nSPS) is 9.58. The predicted octanol–water partition coefficient (Wildman–Crippen LogP) is -0.357. The first kappa shape index (κ1) is 11.1. The van der Waals surface area contributed by atoms with Crippen LogP contribution in [0.15, 0.2) is 0 Å². The smallest absolute Gasteiger partial charge is 0.236 e. The van der Waals surface area contributed by atoms with Crippen LogP contribution in [0.5, 0.6) is 0 Å². The zero-order chi connectivity index (χ0) is 9.56. The molecular formula is C8H16N2O2. The fourth-order valence-electron chi connectivity index (χ4n) is 0.592. The fraction of sp³-hybridized carbons (Fsp3) is 0.750. The van der Waals surface area contributed by atoms with E-state index in [2.05, 4.69) is 5.32 Å². The standard InChI is InChI=1S/C8H16N2O2/c1-4-7(11)5-9-6-8(12)10(2)3/h9H,4-6H2,1-3H3. The first-order chi connectivity index (χ1) is 5.57. The van der Waals surface area contributed by atoms with E-state index in [0.717, 1.165) is 0 Å². The van der Waals surface area contributed by atoms with Crippen molar-refractivity contribution < 1.29 is 9.59 Å². The summed E-state index contributed by atoms with van der Waals surface area (Å²) in [6.45, 7) is 2.33. The summed E-state index contributed by atoms with van der Waals surface area (Å²) in [4.78, 5) is 23.2. The summed E-state index contributed by atoms with van der Waals surface area (Å²) in [6.07, 6.45) is 0.517. The molecule has 0 aromatic rings. The summed E-state index contributed by atoms with van der Waals surface area (Å²) in [5, 5.41) is 2.78. The Bertz CT molecular complexity index is 166. The van der Waals surface area contributed by atoms with Crippen LogP contribution in [0.2, 0.25) is 0 Å². The molecule has 0 heterocycles. The minimum absolute atomic E-state index is 0.0149. The van der Waals surface area contributed by atoms with Gasteiger partial charge in [-0.25, -0.2) is 0 Å². The van der Waals surface area contributed by atoms with Gasteiger partial charge in [0.25, 0.3) is 0 Å². The third-order valence-electron chi connectivity index (χ3n) is 1.49. The van der Waals surface area contributed by atoms with Gasteiger partial charge in [-0.3, -0.25) is 9.59 Å². The maximum atomic E-state index is 11.0. The topological polar surface area (TPSA) is 49.4 Å². The third-order valence-corrected chi connectivity index (χ3v) is 1.49. The molecule has 0 saturated heterocycles. The van der Waals surface area contributed by atoms with E-state index in [1.165, 1.54) is 4.90 Å². The minimum Gasteiger partial charge on any atom is -0.348 e. The summed E-state index contributed by atoms with van der Waals surface area (Å²) >= 11 is 0. The summed E-state index contributed by atoms with van der Waals surface area (Å²) in [5.74, 6) is 0.112. The molecule has 0 aliphatic rings. The van der Waals surface area contributed by atoms with Gasteiger partial charge in [0.05, 0.1) is 13.1 Å². The van der Waals surface area contributed by atoms with Crippen LogP contribution in [-0.4, -0.2) is 43.8 Å². The molecule has 70 valence electrons. The van der Waals surface area contributed by atoms with E-state index < -0.39 is 0 Å². The highest BCUT2D eigenvalue weighted by Crippen LogP contribution is 1.79. The molecule has 1 N–H and O–H groups in total. The van der Waals surface area contributed by atoms with Crippen molar-refractivity contribution in [3.05, 3.63) is 0 Å². The highest BCUT2D eigenvalue weighted by molar-refractivity contribution is 5.82. The molecule has 4 heteroatoms. The molecule has 0 unspecified atom stereocenters. The average molecular weight is 172 g/mol. The van der Waals surface area contributed by atoms with Crippen LogP contribution >= 0.6 is 0 Å². The number of ketones is 1. The van der Waals surface area contributed by atoms with Crippen LogP contribution in [0.3, 0.4) is 0 Å². The first-order valence-electron chi connectivity index (χ1n) is 4.00. The second-order valence-electron chi connectivity index (χ2n) is 2.78. The monoisotopic (exact) mass is 172 g/mol. The summed E-state index contributed by atoms with van der Waals surface area (Å²) < 4.78 is 0. The van der Waals surface area contributed by atoms with E-state index in [1.807, 2.05) is 0 Å². The lowest BCUT2D eigenvalue weighted by atomic mass is 10.3. The molecule has 0 fully saturated rings. The van der Waals surface area contributed by atoms with Gasteiger partial charge in [0.2, 0.25) is 5.91 Å². The quantitative estimate of drug-likeness (QED) is 0.616. The van der Waals surface area contributed by atoms with Crippen molar-refractivity contribution in [2.24, 2.45) is 0 Å². The number of carbonyl (C=O) groups excluding carboxylic acids is 2. The second-order valence-corrected chi connectivity index (χ2v) is 2.78. The molecular weight excluding hydrogens is 156 g/mol. The Morgan fingerprint density at radius 1 is 1.25 bits per heavy atom. The Labute approximate surface area is 72.9 Å². The molecule has 0 atom stereocenters. The lowest BCUT2D eigenvalue weighted by Gasteiger charge is -2.09. The zero-order valence-corrected chi connectivity index (χ0v) is 7.89. The maximum Gasteiger partial charge on any atom is 0.236 e. The molecule has 0 bridgehead atoms. The van der Waals surface area contributed by atoms with E-state index in [9.17, 15) is 9.59 Å². The van der Waals surface area contributed by atoms with E-state index in [-0.39, 0.29) is 24.8 Å². The third kappa shape index (κ3) is 4.85. The van der Waals surface area contributed by atoms with Crippen molar-refractivity contribution in [2.75, 3.05) is 27.2 Å². The number of Topliss-reactive ketones (excluding diaryl/α,β-unsaturated/α-hetero) is 1. The van der Waals surface area contributed by atoms with Gasteiger partial charge in [0.15, 0.2) is 0 Å². The van der Waals surface area contributed by atoms with Crippen LogP contribution in [0.25, 0.3) is 0 Å². The molecule has 1 amide bonds. The largest absolute Gasteiger partial charge is 0.348 e. The summed E-state index contributed by atoms with van der Waals surface area (Å²) in [5.41, 5.74) is 0. The van der Waals surface area contributed by atoms with Crippen LogP contribution < -0.4 is 5.32 Å². The Morgan fingerprint density at radius 3 is 2.25 bits per heavy atom. The lowest BCUT2D eigenvalue weighted by molar-refractivity contribution is -0.127. The molecule has 0 aromatic carbocycles. The first-order valence-corrected chi connectivity index (χ1v) is 4.00. The lowest BCUT2D eigenvalue weighted by Crippen LogP contribution is -2.35. The SMILES string of the molecule is CCC(=O)CNCC(=O)N(C)C. The van der Waals surface area contributed by atoms with E-state index in [0.29, 0.717) is 6.42 Å². The minimum atomic E-state index is -0.0149. The number of hydrogen-bond acceptors (Lipinski definition) is 3. The van der Waals surface area contributed by atoms with Gasteiger partial charge in [-0.2, -0.15) is 0 Å². The van der Waals surface area contributed by atoms with Gasteiger partial charge in [-0.15, -0.1) is 0 Å². The van der Waals surface area contributed by atoms with Crippen LogP contribution in [0, 0.1) is 0 Å². The number of amides is 1. The fourth-order valence-corrected chi connectivity index (χ4v) is 0.592. The Kier molecular flexibility index (Phi) is 5.28. The molecule has 0 aromatic heterocycles. The van der Waals surface area contributed by atoms with Gasteiger partial charge in [0, 0.05) is 20.5 Å². The number of likely N-dealkylation sites (N-methyl/N-ethyl adjacent to an activating group) is 1. The Hall–Kier alpha value is -0.900. The van der Waals surface area contributed by atoms with E-state index in [4.69, 9.17) is 0 Å². The van der Waals surface area contributed by atoms with Crippen LogP contribution in [-0.2, 0) is 9.59 Å². The Balaban J connectivity index is 3.44.